The highest BCUT2D eigenvalue weighted by Gasteiger charge is 2.44. The van der Waals surface area contributed by atoms with Crippen LogP contribution in [0.5, 0.6) is 0 Å². The highest BCUT2D eigenvalue weighted by molar-refractivity contribution is 6.33. The Morgan fingerprint density at radius 3 is 2.61 bits per heavy atom. The summed E-state index contributed by atoms with van der Waals surface area (Å²) >= 11 is 6.70. The van der Waals surface area contributed by atoms with Crippen LogP contribution in [-0.2, 0) is 20.8 Å². The van der Waals surface area contributed by atoms with E-state index in [1.54, 1.807) is 6.20 Å². The Bertz CT molecular complexity index is 1260. The van der Waals surface area contributed by atoms with Crippen molar-refractivity contribution in [3.05, 3.63) is 54.1 Å². The summed E-state index contributed by atoms with van der Waals surface area (Å²) in [7, 11) is 0. The molecule has 2 aromatic heterocycles. The number of carbonyl (C=O) groups is 1. The Hall–Kier alpha value is -2.94. The highest BCUT2D eigenvalue weighted by Crippen LogP contribution is 2.43. The Morgan fingerprint density at radius 1 is 1.05 bits per heavy atom. The van der Waals surface area contributed by atoms with Gasteiger partial charge in [0.15, 0.2) is 6.29 Å². The molecule has 3 fully saturated rings. The van der Waals surface area contributed by atoms with Gasteiger partial charge in [0.1, 0.15) is 0 Å². The number of hydrogen-bond donors (Lipinski definition) is 1. The molecular weight excluding hydrogens is 502 g/mol. The summed E-state index contributed by atoms with van der Waals surface area (Å²) in [4.78, 5) is 19.1. The Morgan fingerprint density at radius 2 is 1.87 bits per heavy atom. The van der Waals surface area contributed by atoms with E-state index in [1.807, 2.05) is 17.1 Å². The second-order valence-corrected chi connectivity index (χ2v) is 10.9. The fourth-order valence-corrected chi connectivity index (χ4v) is 6.19. The number of amides is 1. The molecule has 8 nitrogen and oxygen atoms in total. The molecule has 1 unspecified atom stereocenters. The monoisotopic (exact) mass is 535 g/mol. The summed E-state index contributed by atoms with van der Waals surface area (Å²) in [5.74, 6) is 0.211. The zero-order valence-electron chi connectivity index (χ0n) is 21.6. The largest absolute Gasteiger partial charge is 0.370 e. The Balaban J connectivity index is 1.13. The smallest absolute Gasteiger partial charge is 0.226 e. The maximum atomic E-state index is 12.4. The molecule has 5 heterocycles. The van der Waals surface area contributed by atoms with Crippen LogP contribution in [-0.4, -0.2) is 59.8 Å². The average molecular weight is 536 g/mol. The van der Waals surface area contributed by atoms with Crippen LogP contribution in [0.2, 0.25) is 5.02 Å². The molecule has 3 aliphatic heterocycles. The number of piperidine rings is 1. The second-order valence-electron chi connectivity index (χ2n) is 10.5. The summed E-state index contributed by atoms with van der Waals surface area (Å²) in [5, 5.41) is 8.17. The number of hydrogen-bond acceptors (Lipinski definition) is 6. The van der Waals surface area contributed by atoms with E-state index in [4.69, 9.17) is 21.1 Å². The zero-order valence-corrected chi connectivity index (χ0v) is 22.3. The SMILES string of the molecule is O=C1NCCC12CCN(c1c(Cl)cncc1-c1ccc(-c3cnn(CCOC4CCCCO4)c3)cc1)CC2. The number of benzene rings is 1. The van der Waals surface area contributed by atoms with Crippen LogP contribution >= 0.6 is 11.6 Å². The lowest BCUT2D eigenvalue weighted by molar-refractivity contribution is -0.163. The first-order chi connectivity index (χ1) is 18.6. The van der Waals surface area contributed by atoms with E-state index in [-0.39, 0.29) is 17.6 Å². The molecule has 0 bridgehead atoms. The molecule has 38 heavy (non-hydrogen) atoms. The van der Waals surface area contributed by atoms with Crippen molar-refractivity contribution in [1.82, 2.24) is 20.1 Å². The van der Waals surface area contributed by atoms with E-state index in [1.165, 1.54) is 0 Å². The van der Waals surface area contributed by atoms with Crippen LogP contribution in [0.1, 0.15) is 38.5 Å². The van der Waals surface area contributed by atoms with Gasteiger partial charge in [-0.05, 0) is 49.7 Å². The average Bonchev–Trinajstić information content (AvgIpc) is 3.57. The van der Waals surface area contributed by atoms with Gasteiger partial charge < -0.3 is 19.7 Å². The first kappa shape index (κ1) is 25.3. The van der Waals surface area contributed by atoms with E-state index >= 15 is 0 Å². The van der Waals surface area contributed by atoms with E-state index in [0.29, 0.717) is 18.2 Å². The molecule has 1 N–H and O–H groups in total. The second kappa shape index (κ2) is 11.0. The van der Waals surface area contributed by atoms with Gasteiger partial charge in [0, 0.05) is 56.0 Å². The van der Waals surface area contributed by atoms with Gasteiger partial charge in [-0.2, -0.15) is 5.10 Å². The van der Waals surface area contributed by atoms with Crippen LogP contribution in [0.15, 0.2) is 49.1 Å². The van der Waals surface area contributed by atoms with Crippen molar-refractivity contribution in [2.75, 3.05) is 37.7 Å². The lowest BCUT2D eigenvalue weighted by atomic mass is 9.77. The minimum Gasteiger partial charge on any atom is -0.370 e. The van der Waals surface area contributed by atoms with Gasteiger partial charge in [0.25, 0.3) is 0 Å². The molecule has 1 aromatic carbocycles. The van der Waals surface area contributed by atoms with Gasteiger partial charge in [-0.15, -0.1) is 0 Å². The van der Waals surface area contributed by atoms with E-state index in [0.717, 1.165) is 92.7 Å². The first-order valence-electron chi connectivity index (χ1n) is 13.6. The topological polar surface area (TPSA) is 81.5 Å². The van der Waals surface area contributed by atoms with Crippen molar-refractivity contribution >= 4 is 23.2 Å². The predicted octanol–water partition coefficient (Wildman–Crippen LogP) is 4.92. The fraction of sp³-hybridized carbons (Fsp3) is 0.483. The number of nitrogens with one attached hydrogen (secondary N) is 1. The number of anilines is 1. The van der Waals surface area contributed by atoms with Crippen LogP contribution in [0.3, 0.4) is 0 Å². The highest BCUT2D eigenvalue weighted by atomic mass is 35.5. The summed E-state index contributed by atoms with van der Waals surface area (Å²) in [6.07, 6.45) is 13.3. The Kier molecular flexibility index (Phi) is 7.37. The van der Waals surface area contributed by atoms with Crippen LogP contribution in [0, 0.1) is 5.41 Å². The molecule has 0 radical (unpaired) electrons. The summed E-state index contributed by atoms with van der Waals surface area (Å²) < 4.78 is 13.4. The van der Waals surface area contributed by atoms with Crippen molar-refractivity contribution in [2.45, 2.75) is 51.4 Å². The molecule has 3 saturated heterocycles. The third-order valence-corrected chi connectivity index (χ3v) is 8.48. The van der Waals surface area contributed by atoms with E-state index < -0.39 is 0 Å². The predicted molar refractivity (Wildman–Crippen MR) is 147 cm³/mol. The lowest BCUT2D eigenvalue weighted by Crippen LogP contribution is -2.44. The molecule has 0 aliphatic carbocycles. The van der Waals surface area contributed by atoms with Crippen LogP contribution in [0.25, 0.3) is 22.3 Å². The molecular formula is C29H34ClN5O3. The fourth-order valence-electron chi connectivity index (χ4n) is 5.91. The minimum absolute atomic E-state index is 0.0783. The minimum atomic E-state index is -0.210. The number of rotatable bonds is 7. The third kappa shape index (κ3) is 5.17. The quantitative estimate of drug-likeness (QED) is 0.463. The van der Waals surface area contributed by atoms with Crippen LogP contribution < -0.4 is 10.2 Å². The molecule has 200 valence electrons. The van der Waals surface area contributed by atoms with E-state index in [9.17, 15) is 4.79 Å². The maximum absolute atomic E-state index is 12.4. The van der Waals surface area contributed by atoms with E-state index in [2.05, 4.69) is 50.8 Å². The van der Waals surface area contributed by atoms with Crippen LogP contribution in [0.4, 0.5) is 5.69 Å². The molecule has 1 atom stereocenters. The normalized spacial score (nSPS) is 21.1. The molecule has 0 saturated carbocycles. The number of nitrogens with zero attached hydrogens (tertiary/aromatic N) is 4. The summed E-state index contributed by atoms with van der Waals surface area (Å²) in [5.41, 5.74) is 5.02. The van der Waals surface area contributed by atoms with Crippen molar-refractivity contribution in [3.63, 3.8) is 0 Å². The van der Waals surface area contributed by atoms with Gasteiger partial charge >= 0.3 is 0 Å². The Labute approximate surface area is 228 Å². The standard InChI is InChI=1S/C29H34ClN5O3/c30-25-19-31-18-24(27(25)34-12-9-29(10-13-34)8-11-32-28(29)36)22-6-4-21(5-7-22)23-17-33-35(20-23)14-16-38-26-3-1-2-15-37-26/h4-7,17-20,26H,1-3,8-16H2,(H,32,36). The lowest BCUT2D eigenvalue weighted by Gasteiger charge is -2.39. The van der Waals surface area contributed by atoms with Crippen molar-refractivity contribution in [2.24, 2.45) is 5.41 Å². The number of ether oxygens (including phenoxy) is 2. The van der Waals surface area contributed by atoms with Crippen molar-refractivity contribution in [3.8, 4) is 22.3 Å². The van der Waals surface area contributed by atoms with Gasteiger partial charge in [-0.3, -0.25) is 14.5 Å². The number of pyridine rings is 1. The molecule has 3 aliphatic rings. The summed E-state index contributed by atoms with van der Waals surface area (Å²) in [6.45, 7) is 4.45. The number of carbonyl (C=O) groups excluding carboxylic acids is 1. The molecule has 9 heteroatoms. The summed E-state index contributed by atoms with van der Waals surface area (Å²) in [6, 6.07) is 8.45. The maximum Gasteiger partial charge on any atom is 0.226 e. The van der Waals surface area contributed by atoms with Crippen molar-refractivity contribution in [1.29, 1.82) is 0 Å². The molecule has 1 spiro atoms. The van der Waals surface area contributed by atoms with Gasteiger partial charge in [0.2, 0.25) is 5.91 Å². The van der Waals surface area contributed by atoms with Crippen molar-refractivity contribution < 1.29 is 14.3 Å². The molecule has 1 amide bonds. The van der Waals surface area contributed by atoms with Gasteiger partial charge in [0.05, 0.1) is 35.5 Å². The van der Waals surface area contributed by atoms with Gasteiger partial charge in [-0.1, -0.05) is 35.9 Å². The zero-order chi connectivity index (χ0) is 26.0. The molecule has 3 aromatic rings. The third-order valence-electron chi connectivity index (χ3n) is 8.20. The van der Waals surface area contributed by atoms with Gasteiger partial charge in [-0.25, -0.2) is 0 Å². The number of halogens is 1. The first-order valence-corrected chi connectivity index (χ1v) is 14.0. The number of aromatic nitrogens is 3. The molecule has 6 rings (SSSR count).